The molecule has 4 nitrogen and oxygen atoms in total. The van der Waals surface area contributed by atoms with Gasteiger partial charge >= 0.3 is 0 Å². The molecule has 0 spiro atoms. The zero-order valence-corrected chi connectivity index (χ0v) is 14.2. The number of ketones is 1. The van der Waals surface area contributed by atoms with E-state index < -0.39 is 6.10 Å². The van der Waals surface area contributed by atoms with Crippen LogP contribution in [0.2, 0.25) is 0 Å². The number of benzene rings is 2. The fraction of sp³-hybridized carbons (Fsp3) is 0.350. The molecule has 0 amide bonds. The molecule has 1 atom stereocenters. The Morgan fingerprint density at radius 1 is 1.12 bits per heavy atom. The number of carbonyl (C=O) groups excluding carboxylic acids is 1. The highest BCUT2D eigenvalue weighted by Crippen LogP contribution is 2.50. The van der Waals surface area contributed by atoms with Gasteiger partial charge in [-0.15, -0.1) is 0 Å². The Morgan fingerprint density at radius 2 is 1.83 bits per heavy atom. The van der Waals surface area contributed by atoms with Crippen molar-refractivity contribution in [3.05, 3.63) is 59.2 Å². The average molecular weight is 325 g/mol. The van der Waals surface area contributed by atoms with E-state index in [0.29, 0.717) is 11.1 Å². The van der Waals surface area contributed by atoms with E-state index in [1.54, 1.807) is 24.3 Å². The standard InChI is InChI=1S/C20H23NO3/c1-3-21(4-2)13-12-16-15(10-11-17-20(16)24-17)19(23)18(22)14-8-6-5-7-9-14/h5-11,18,22H,3-4,12-13H2,1-2H3. The van der Waals surface area contributed by atoms with Crippen molar-refractivity contribution in [1.82, 2.24) is 4.90 Å². The van der Waals surface area contributed by atoms with Gasteiger partial charge in [-0.05, 0) is 37.2 Å². The maximum absolute atomic E-state index is 12.8. The van der Waals surface area contributed by atoms with Crippen molar-refractivity contribution in [1.29, 1.82) is 0 Å². The summed E-state index contributed by atoms with van der Waals surface area (Å²) >= 11 is 0. The molecular weight excluding hydrogens is 302 g/mol. The molecule has 2 aromatic rings. The largest absolute Gasteiger partial charge is 0.449 e. The fourth-order valence-electron chi connectivity index (χ4n) is 3.01. The van der Waals surface area contributed by atoms with Crippen LogP contribution in [0.1, 0.15) is 41.4 Å². The third-order valence-corrected chi connectivity index (χ3v) is 4.60. The molecule has 24 heavy (non-hydrogen) atoms. The number of likely N-dealkylation sites (N-methyl/N-ethyl adjacent to an activating group) is 1. The number of Topliss-reactive ketones (excluding diaryl/α,β-unsaturated/α-hetero) is 1. The van der Waals surface area contributed by atoms with Gasteiger partial charge in [0, 0.05) is 17.7 Å². The summed E-state index contributed by atoms with van der Waals surface area (Å²) in [5.74, 6) is 1.39. The zero-order chi connectivity index (χ0) is 17.1. The van der Waals surface area contributed by atoms with Crippen LogP contribution in [-0.2, 0) is 6.42 Å². The van der Waals surface area contributed by atoms with E-state index in [2.05, 4.69) is 18.7 Å². The van der Waals surface area contributed by atoms with E-state index in [-0.39, 0.29) is 5.78 Å². The van der Waals surface area contributed by atoms with Crippen molar-refractivity contribution in [3.63, 3.8) is 0 Å². The van der Waals surface area contributed by atoms with Gasteiger partial charge in [-0.1, -0.05) is 44.2 Å². The smallest absolute Gasteiger partial charge is 0.196 e. The van der Waals surface area contributed by atoms with Gasteiger partial charge in [-0.2, -0.15) is 0 Å². The first kappa shape index (κ1) is 16.7. The quantitative estimate of drug-likeness (QED) is 0.508. The number of fused-ring (bicyclic) bond motifs is 1. The van der Waals surface area contributed by atoms with Crippen LogP contribution in [-0.4, -0.2) is 35.4 Å². The second-order valence-electron chi connectivity index (χ2n) is 5.98. The first-order chi connectivity index (χ1) is 11.7. The molecule has 2 aromatic carbocycles. The highest BCUT2D eigenvalue weighted by Gasteiger charge is 2.31. The number of ether oxygens (including phenoxy) is 1. The predicted molar refractivity (Wildman–Crippen MR) is 93.7 cm³/mol. The Balaban J connectivity index is 1.83. The number of hydrogen-bond acceptors (Lipinski definition) is 4. The molecule has 126 valence electrons. The summed E-state index contributed by atoms with van der Waals surface area (Å²) in [5, 5.41) is 10.4. The number of nitrogens with zero attached hydrogens (tertiary/aromatic N) is 1. The maximum atomic E-state index is 12.8. The minimum Gasteiger partial charge on any atom is -0.449 e. The Bertz CT molecular complexity index is 723. The molecule has 3 rings (SSSR count). The van der Waals surface area contributed by atoms with Crippen LogP contribution in [0.4, 0.5) is 0 Å². The van der Waals surface area contributed by atoms with E-state index in [9.17, 15) is 9.90 Å². The molecule has 1 heterocycles. The Morgan fingerprint density at radius 3 is 2.50 bits per heavy atom. The third kappa shape index (κ3) is 3.35. The van der Waals surface area contributed by atoms with Crippen LogP contribution in [0.25, 0.3) is 0 Å². The third-order valence-electron chi connectivity index (χ3n) is 4.60. The van der Waals surface area contributed by atoms with Crippen molar-refractivity contribution >= 4 is 5.78 Å². The van der Waals surface area contributed by atoms with Crippen LogP contribution >= 0.6 is 0 Å². The fourth-order valence-corrected chi connectivity index (χ4v) is 3.01. The summed E-state index contributed by atoms with van der Waals surface area (Å²) in [4.78, 5) is 15.1. The molecule has 1 N–H and O–H groups in total. The molecule has 0 saturated heterocycles. The van der Waals surface area contributed by atoms with E-state index in [1.165, 1.54) is 0 Å². The first-order valence-electron chi connectivity index (χ1n) is 8.49. The lowest BCUT2D eigenvalue weighted by Crippen LogP contribution is -2.26. The van der Waals surface area contributed by atoms with Crippen molar-refractivity contribution < 1.29 is 14.6 Å². The number of hydrogen-bond donors (Lipinski definition) is 1. The lowest BCUT2D eigenvalue weighted by atomic mass is 9.94. The van der Waals surface area contributed by atoms with Crippen molar-refractivity contribution in [3.8, 4) is 11.5 Å². The van der Waals surface area contributed by atoms with Crippen LogP contribution < -0.4 is 4.74 Å². The Kier molecular flexibility index (Phi) is 4.97. The van der Waals surface area contributed by atoms with Crippen LogP contribution in [0.3, 0.4) is 0 Å². The molecular formula is C20H23NO3. The molecule has 4 heteroatoms. The second kappa shape index (κ2) is 7.16. The number of rotatable bonds is 8. The molecule has 0 saturated carbocycles. The minimum absolute atomic E-state index is 0.269. The summed E-state index contributed by atoms with van der Waals surface area (Å²) in [6, 6.07) is 12.6. The SMILES string of the molecule is CCN(CC)CCc1c(C(=O)C(O)c2ccccc2)ccc2c1O2. The van der Waals surface area contributed by atoms with E-state index in [0.717, 1.165) is 43.1 Å². The maximum Gasteiger partial charge on any atom is 0.196 e. The molecule has 0 fully saturated rings. The van der Waals surface area contributed by atoms with Crippen molar-refractivity contribution in [2.24, 2.45) is 0 Å². The van der Waals surface area contributed by atoms with E-state index >= 15 is 0 Å². The van der Waals surface area contributed by atoms with Gasteiger partial charge in [0.2, 0.25) is 0 Å². The Hall–Kier alpha value is -2.17. The zero-order valence-electron chi connectivity index (χ0n) is 14.2. The number of aliphatic hydroxyl groups is 1. The molecule has 0 aliphatic carbocycles. The van der Waals surface area contributed by atoms with Gasteiger partial charge in [0.15, 0.2) is 17.3 Å². The van der Waals surface area contributed by atoms with E-state index in [4.69, 9.17) is 4.74 Å². The summed E-state index contributed by atoms with van der Waals surface area (Å²) in [6.45, 7) is 7.07. The summed E-state index contributed by atoms with van der Waals surface area (Å²) < 4.78 is 5.49. The summed E-state index contributed by atoms with van der Waals surface area (Å²) in [7, 11) is 0. The van der Waals surface area contributed by atoms with Crippen LogP contribution in [0.15, 0.2) is 42.5 Å². The average Bonchev–Trinajstić information content (AvgIpc) is 3.42. The second-order valence-corrected chi connectivity index (χ2v) is 5.98. The normalized spacial score (nSPS) is 13.3. The van der Waals surface area contributed by atoms with Gasteiger partial charge in [0.05, 0.1) is 0 Å². The summed E-state index contributed by atoms with van der Waals surface area (Å²) in [5.41, 5.74) is 2.09. The number of aliphatic hydroxyl groups excluding tert-OH is 1. The highest BCUT2D eigenvalue weighted by molar-refractivity contribution is 6.02. The van der Waals surface area contributed by atoms with E-state index in [1.807, 2.05) is 18.2 Å². The molecule has 0 bridgehead atoms. The van der Waals surface area contributed by atoms with Crippen molar-refractivity contribution in [2.75, 3.05) is 19.6 Å². The van der Waals surface area contributed by atoms with Gasteiger partial charge in [0.25, 0.3) is 0 Å². The van der Waals surface area contributed by atoms with Gasteiger partial charge in [0.1, 0.15) is 6.10 Å². The molecule has 1 aliphatic heterocycles. The highest BCUT2D eigenvalue weighted by atomic mass is 16.6. The topological polar surface area (TPSA) is 53.1 Å². The van der Waals surface area contributed by atoms with Gasteiger partial charge in [-0.3, -0.25) is 4.79 Å². The summed E-state index contributed by atoms with van der Waals surface area (Å²) in [6.07, 6.45) is -0.400. The molecule has 0 aromatic heterocycles. The van der Waals surface area contributed by atoms with Crippen LogP contribution in [0, 0.1) is 0 Å². The van der Waals surface area contributed by atoms with Gasteiger partial charge < -0.3 is 14.7 Å². The lowest BCUT2D eigenvalue weighted by Gasteiger charge is -2.18. The Labute approximate surface area is 142 Å². The molecule has 0 radical (unpaired) electrons. The van der Waals surface area contributed by atoms with Gasteiger partial charge in [-0.25, -0.2) is 0 Å². The lowest BCUT2D eigenvalue weighted by molar-refractivity contribution is 0.0746. The number of carbonyl (C=O) groups is 1. The molecule has 1 unspecified atom stereocenters. The predicted octanol–water partition coefficient (Wildman–Crippen LogP) is 3.59. The minimum atomic E-state index is -1.14. The molecule has 1 aliphatic rings. The van der Waals surface area contributed by atoms with Crippen molar-refractivity contribution in [2.45, 2.75) is 26.4 Å². The monoisotopic (exact) mass is 325 g/mol. The van der Waals surface area contributed by atoms with Crippen LogP contribution in [0.5, 0.6) is 11.5 Å². The first-order valence-corrected chi connectivity index (χ1v) is 8.49.